The number of fused-ring (bicyclic) bond motifs is 9. The van der Waals surface area contributed by atoms with Crippen LogP contribution in [0.4, 0.5) is 0 Å². The average molecular weight is 753 g/mol. The molecule has 3 aromatic heterocycles. The lowest BCUT2D eigenvalue weighted by molar-refractivity contribution is 0.411. The SMILES string of the molecule is C1=CC(C2=NC(c3ccccc3)NC(c3cccc4sc5ccc(-c6cccc7oc8cc(-n9c%10ccccc%10c%10ccccc%109)ccc8c67)cc5c34)N2)=CCC1. The van der Waals surface area contributed by atoms with Crippen molar-refractivity contribution in [2.45, 2.75) is 25.2 Å². The summed E-state index contributed by atoms with van der Waals surface area (Å²) in [5.41, 5.74) is 11.1. The summed E-state index contributed by atoms with van der Waals surface area (Å²) < 4.78 is 11.6. The Morgan fingerprint density at radius 1 is 0.632 bits per heavy atom. The molecule has 0 bridgehead atoms. The van der Waals surface area contributed by atoms with Crippen molar-refractivity contribution in [2.75, 3.05) is 0 Å². The van der Waals surface area contributed by atoms with Gasteiger partial charge in [0.25, 0.3) is 0 Å². The highest BCUT2D eigenvalue weighted by Crippen LogP contribution is 2.43. The van der Waals surface area contributed by atoms with Gasteiger partial charge >= 0.3 is 0 Å². The fourth-order valence-corrected chi connectivity index (χ4v) is 10.2. The quantitative estimate of drug-likeness (QED) is 0.184. The third-order valence-electron chi connectivity index (χ3n) is 11.7. The molecule has 1 aliphatic carbocycles. The van der Waals surface area contributed by atoms with Crippen LogP contribution in [0.25, 0.3) is 80.7 Å². The summed E-state index contributed by atoms with van der Waals surface area (Å²) in [6.07, 6.45) is 8.52. The number of allylic oxidation sites excluding steroid dienone is 2. The molecular weight excluding hydrogens is 717 g/mol. The van der Waals surface area contributed by atoms with Crippen LogP contribution in [0.2, 0.25) is 0 Å². The van der Waals surface area contributed by atoms with Crippen LogP contribution < -0.4 is 10.6 Å². The van der Waals surface area contributed by atoms with Gasteiger partial charge in [-0.25, -0.2) is 4.99 Å². The number of amidine groups is 1. The molecule has 0 saturated heterocycles. The second-order valence-corrected chi connectivity index (χ2v) is 16.1. The normalized spacial score (nSPS) is 17.2. The lowest BCUT2D eigenvalue weighted by Crippen LogP contribution is -2.45. The van der Waals surface area contributed by atoms with Crippen molar-refractivity contribution in [3.8, 4) is 16.8 Å². The molecule has 4 heterocycles. The van der Waals surface area contributed by atoms with Gasteiger partial charge in [0.1, 0.15) is 29.3 Å². The molecule has 272 valence electrons. The third-order valence-corrected chi connectivity index (χ3v) is 12.9. The number of benzene rings is 7. The zero-order valence-corrected chi connectivity index (χ0v) is 31.8. The van der Waals surface area contributed by atoms with Crippen molar-refractivity contribution in [2.24, 2.45) is 4.99 Å². The number of hydrogen-bond acceptors (Lipinski definition) is 5. The van der Waals surface area contributed by atoms with E-state index in [9.17, 15) is 0 Å². The van der Waals surface area contributed by atoms with E-state index in [-0.39, 0.29) is 12.3 Å². The van der Waals surface area contributed by atoms with E-state index in [4.69, 9.17) is 9.41 Å². The van der Waals surface area contributed by atoms with Crippen molar-refractivity contribution >= 4 is 81.1 Å². The molecule has 0 saturated carbocycles. The van der Waals surface area contributed by atoms with Gasteiger partial charge in [0.2, 0.25) is 0 Å². The molecule has 0 amide bonds. The van der Waals surface area contributed by atoms with Crippen molar-refractivity contribution in [1.29, 1.82) is 0 Å². The Bertz CT molecular complexity index is 3270. The van der Waals surface area contributed by atoms with Crippen LogP contribution in [0.15, 0.2) is 185 Å². The fourth-order valence-electron chi connectivity index (χ4n) is 9.12. The Morgan fingerprint density at radius 3 is 2.26 bits per heavy atom. The number of thiophene rings is 1. The Balaban J connectivity index is 0.985. The molecule has 2 unspecified atom stereocenters. The highest BCUT2D eigenvalue weighted by Gasteiger charge is 2.28. The fraction of sp³-hybridized carbons (Fsp3) is 0.0784. The third kappa shape index (κ3) is 5.22. The molecule has 57 heavy (non-hydrogen) atoms. The minimum atomic E-state index is -0.179. The molecule has 12 rings (SSSR count). The lowest BCUT2D eigenvalue weighted by Gasteiger charge is -2.33. The highest BCUT2D eigenvalue weighted by molar-refractivity contribution is 7.25. The van der Waals surface area contributed by atoms with E-state index in [2.05, 4.69) is 185 Å². The molecular formula is C51H36N4OS. The van der Waals surface area contributed by atoms with Gasteiger partial charge in [0, 0.05) is 59.0 Å². The first-order valence-electron chi connectivity index (χ1n) is 19.7. The predicted octanol–water partition coefficient (Wildman–Crippen LogP) is 13.3. The maximum atomic E-state index is 6.68. The standard InChI is InChI=1S/C51H36N4OS/c1-3-13-31(14-4-1)49-52-50(32-15-5-2-6-16-32)54-51(53-49)39-20-12-24-46-48(39)40-29-33(25-28-45(40)57-46)35-19-11-23-43-47(35)38-27-26-34(30-44(38)56-43)55-41-21-9-7-17-36(41)37-18-8-10-22-42(37)55/h1,3-5,7-30,49,51,53H,2,6H2,(H,52,54). The molecule has 2 aliphatic rings. The van der Waals surface area contributed by atoms with Crippen molar-refractivity contribution in [3.05, 3.63) is 187 Å². The molecule has 0 radical (unpaired) electrons. The summed E-state index contributed by atoms with van der Waals surface area (Å²) in [7, 11) is 0. The lowest BCUT2D eigenvalue weighted by atomic mass is 9.96. The molecule has 5 nitrogen and oxygen atoms in total. The molecule has 6 heteroatoms. The molecule has 0 spiro atoms. The Morgan fingerprint density at radius 2 is 1.44 bits per heavy atom. The number of hydrogen-bond donors (Lipinski definition) is 2. The molecule has 1 aliphatic heterocycles. The van der Waals surface area contributed by atoms with Crippen molar-refractivity contribution < 1.29 is 4.42 Å². The number of nitrogens with one attached hydrogen (secondary N) is 2. The van der Waals surface area contributed by atoms with E-state index in [0.29, 0.717) is 0 Å². The first-order valence-corrected chi connectivity index (χ1v) is 20.5. The Hall–Kier alpha value is -6.73. The highest BCUT2D eigenvalue weighted by atomic mass is 32.1. The van der Waals surface area contributed by atoms with Crippen LogP contribution in [0, 0.1) is 0 Å². The smallest absolute Gasteiger partial charge is 0.137 e. The van der Waals surface area contributed by atoms with Crippen LogP contribution in [0.5, 0.6) is 0 Å². The zero-order chi connectivity index (χ0) is 37.5. The van der Waals surface area contributed by atoms with Gasteiger partial charge < -0.3 is 14.3 Å². The van der Waals surface area contributed by atoms with Gasteiger partial charge in [-0.05, 0) is 83.6 Å². The van der Waals surface area contributed by atoms with E-state index < -0.39 is 0 Å². The number of aromatic nitrogens is 1. The van der Waals surface area contributed by atoms with Crippen LogP contribution in [0.1, 0.15) is 36.3 Å². The number of furan rings is 1. The summed E-state index contributed by atoms with van der Waals surface area (Å²) in [5, 5.41) is 14.9. The predicted molar refractivity (Wildman–Crippen MR) is 238 cm³/mol. The number of para-hydroxylation sites is 2. The van der Waals surface area contributed by atoms with E-state index in [1.165, 1.54) is 53.1 Å². The molecule has 2 N–H and O–H groups in total. The van der Waals surface area contributed by atoms with Gasteiger partial charge in [0.15, 0.2) is 0 Å². The van der Waals surface area contributed by atoms with Gasteiger partial charge in [-0.1, -0.05) is 115 Å². The minimum absolute atomic E-state index is 0.144. The summed E-state index contributed by atoms with van der Waals surface area (Å²) in [4.78, 5) is 5.20. The summed E-state index contributed by atoms with van der Waals surface area (Å²) in [6, 6.07) is 54.6. The van der Waals surface area contributed by atoms with Crippen LogP contribution >= 0.6 is 11.3 Å². The second kappa shape index (κ2) is 12.9. The van der Waals surface area contributed by atoms with Crippen LogP contribution in [-0.4, -0.2) is 10.4 Å². The van der Waals surface area contributed by atoms with Crippen LogP contribution in [0.3, 0.4) is 0 Å². The second-order valence-electron chi connectivity index (χ2n) is 15.0. The van der Waals surface area contributed by atoms with E-state index >= 15 is 0 Å². The van der Waals surface area contributed by atoms with Crippen molar-refractivity contribution in [1.82, 2.24) is 15.2 Å². The van der Waals surface area contributed by atoms with E-state index in [1.54, 1.807) is 0 Å². The van der Waals surface area contributed by atoms with Gasteiger partial charge in [-0.3, -0.25) is 5.32 Å². The maximum Gasteiger partial charge on any atom is 0.137 e. The first kappa shape index (κ1) is 32.5. The first-order chi connectivity index (χ1) is 28.2. The number of nitrogens with zero attached hydrogens (tertiary/aromatic N) is 2. The van der Waals surface area contributed by atoms with Gasteiger partial charge in [0.05, 0.1) is 11.0 Å². The largest absolute Gasteiger partial charge is 0.456 e. The van der Waals surface area contributed by atoms with Gasteiger partial charge in [-0.15, -0.1) is 11.3 Å². The average Bonchev–Trinajstić information content (AvgIpc) is 3.96. The van der Waals surface area contributed by atoms with E-state index in [1.807, 2.05) is 11.3 Å². The minimum Gasteiger partial charge on any atom is -0.456 e. The topological polar surface area (TPSA) is 54.5 Å². The summed E-state index contributed by atoms with van der Waals surface area (Å²) in [6.45, 7) is 0. The number of aliphatic imine (C=N–C) groups is 1. The Kier molecular flexibility index (Phi) is 7.37. The molecule has 2 atom stereocenters. The summed E-state index contributed by atoms with van der Waals surface area (Å²) >= 11 is 1.85. The van der Waals surface area contributed by atoms with Gasteiger partial charge in [-0.2, -0.15) is 0 Å². The molecule has 7 aromatic carbocycles. The monoisotopic (exact) mass is 752 g/mol. The maximum absolute atomic E-state index is 6.68. The van der Waals surface area contributed by atoms with Crippen LogP contribution in [-0.2, 0) is 0 Å². The Labute approximate surface area is 332 Å². The molecule has 10 aromatic rings. The molecule has 0 fully saturated rings. The van der Waals surface area contributed by atoms with E-state index in [0.717, 1.165) is 63.0 Å². The zero-order valence-electron chi connectivity index (χ0n) is 30.9. The van der Waals surface area contributed by atoms with Crippen molar-refractivity contribution in [3.63, 3.8) is 0 Å². The summed E-state index contributed by atoms with van der Waals surface area (Å²) in [5.74, 6) is 0.931. The number of rotatable bonds is 5.